The fraction of sp³-hybridized carbons (Fsp3) is 0.133. The predicted octanol–water partition coefficient (Wildman–Crippen LogP) is 2.73. The van der Waals surface area contributed by atoms with E-state index in [2.05, 4.69) is 5.32 Å². The molecule has 0 unspecified atom stereocenters. The van der Waals surface area contributed by atoms with Crippen molar-refractivity contribution in [1.29, 1.82) is 0 Å². The molecule has 0 radical (unpaired) electrons. The lowest BCUT2D eigenvalue weighted by atomic mass is 10.2. The maximum absolute atomic E-state index is 13.2. The highest BCUT2D eigenvalue weighted by Crippen LogP contribution is 2.15. The Balaban J connectivity index is 1.92. The lowest BCUT2D eigenvalue weighted by Gasteiger charge is -2.08. The van der Waals surface area contributed by atoms with Gasteiger partial charge in [0.2, 0.25) is 0 Å². The standard InChI is InChI=1S/C15H15FN2O2/c1-10-5-11(16)7-13(6-10)18-15(19)9-20-14-4-2-3-12(17)8-14/h2-8H,9,17H2,1H3,(H,18,19). The highest BCUT2D eigenvalue weighted by atomic mass is 19.1. The topological polar surface area (TPSA) is 64.3 Å². The smallest absolute Gasteiger partial charge is 0.262 e. The molecule has 3 N–H and O–H groups in total. The minimum atomic E-state index is -0.392. The van der Waals surface area contributed by atoms with E-state index in [0.717, 1.165) is 5.56 Å². The van der Waals surface area contributed by atoms with Crippen LogP contribution in [0.5, 0.6) is 5.75 Å². The Labute approximate surface area is 116 Å². The second-order valence-electron chi connectivity index (χ2n) is 4.43. The molecule has 4 nitrogen and oxygen atoms in total. The summed E-state index contributed by atoms with van der Waals surface area (Å²) in [5.41, 5.74) is 7.30. The van der Waals surface area contributed by atoms with Crippen LogP contribution in [0.1, 0.15) is 5.56 Å². The zero-order valence-corrected chi connectivity index (χ0v) is 11.0. The molecule has 0 fully saturated rings. The second-order valence-corrected chi connectivity index (χ2v) is 4.43. The molecule has 1 amide bonds. The average Bonchev–Trinajstić information content (AvgIpc) is 2.35. The van der Waals surface area contributed by atoms with Gasteiger partial charge in [0.1, 0.15) is 11.6 Å². The molecular formula is C15H15FN2O2. The fourth-order valence-corrected chi connectivity index (χ4v) is 1.76. The molecule has 0 saturated carbocycles. The number of hydrogen-bond acceptors (Lipinski definition) is 3. The average molecular weight is 274 g/mol. The molecule has 2 rings (SSSR count). The second kappa shape index (κ2) is 6.06. The van der Waals surface area contributed by atoms with Crippen LogP contribution in [0, 0.1) is 12.7 Å². The quantitative estimate of drug-likeness (QED) is 0.842. The van der Waals surface area contributed by atoms with Crippen molar-refractivity contribution in [2.24, 2.45) is 0 Å². The number of carbonyl (C=O) groups is 1. The summed E-state index contributed by atoms with van der Waals surface area (Å²) in [7, 11) is 0. The van der Waals surface area contributed by atoms with Gasteiger partial charge in [0.15, 0.2) is 6.61 Å². The molecule has 20 heavy (non-hydrogen) atoms. The van der Waals surface area contributed by atoms with Gasteiger partial charge in [-0.1, -0.05) is 6.07 Å². The van der Waals surface area contributed by atoms with Crippen LogP contribution < -0.4 is 15.8 Å². The third-order valence-electron chi connectivity index (χ3n) is 2.55. The van der Waals surface area contributed by atoms with Crippen molar-refractivity contribution in [2.75, 3.05) is 17.7 Å². The first-order chi connectivity index (χ1) is 9.52. The van der Waals surface area contributed by atoms with E-state index in [4.69, 9.17) is 10.5 Å². The van der Waals surface area contributed by atoms with Crippen LogP contribution in [0.15, 0.2) is 42.5 Å². The number of carbonyl (C=O) groups excluding carboxylic acids is 1. The highest BCUT2D eigenvalue weighted by Gasteiger charge is 2.05. The van der Waals surface area contributed by atoms with Gasteiger partial charge in [0.25, 0.3) is 5.91 Å². The Morgan fingerprint density at radius 1 is 1.30 bits per heavy atom. The zero-order valence-electron chi connectivity index (χ0n) is 11.0. The van der Waals surface area contributed by atoms with E-state index in [1.165, 1.54) is 12.1 Å². The SMILES string of the molecule is Cc1cc(F)cc(NC(=O)COc2cccc(N)c2)c1. The largest absolute Gasteiger partial charge is 0.484 e. The lowest BCUT2D eigenvalue weighted by Crippen LogP contribution is -2.20. The number of benzene rings is 2. The molecule has 0 heterocycles. The molecule has 2 aromatic carbocycles. The number of ether oxygens (including phenoxy) is 1. The van der Waals surface area contributed by atoms with E-state index in [9.17, 15) is 9.18 Å². The van der Waals surface area contributed by atoms with Crippen molar-refractivity contribution in [3.8, 4) is 5.75 Å². The Morgan fingerprint density at radius 2 is 2.10 bits per heavy atom. The van der Waals surface area contributed by atoms with Crippen molar-refractivity contribution in [2.45, 2.75) is 6.92 Å². The summed E-state index contributed by atoms with van der Waals surface area (Å²) in [5.74, 6) is -0.245. The Morgan fingerprint density at radius 3 is 2.80 bits per heavy atom. The van der Waals surface area contributed by atoms with Crippen LogP contribution in [-0.2, 0) is 4.79 Å². The predicted molar refractivity (Wildman–Crippen MR) is 76.1 cm³/mol. The highest BCUT2D eigenvalue weighted by molar-refractivity contribution is 5.91. The van der Waals surface area contributed by atoms with Crippen LogP contribution in [0.4, 0.5) is 15.8 Å². The van der Waals surface area contributed by atoms with Crippen molar-refractivity contribution in [3.63, 3.8) is 0 Å². The van der Waals surface area contributed by atoms with Gasteiger partial charge < -0.3 is 15.8 Å². The van der Waals surface area contributed by atoms with Gasteiger partial charge in [0.05, 0.1) is 0 Å². The normalized spacial score (nSPS) is 10.1. The van der Waals surface area contributed by atoms with Crippen LogP contribution >= 0.6 is 0 Å². The van der Waals surface area contributed by atoms with Crippen LogP contribution in [0.3, 0.4) is 0 Å². The molecule has 2 aromatic rings. The van der Waals surface area contributed by atoms with Gasteiger partial charge in [0, 0.05) is 17.4 Å². The number of nitrogens with two attached hydrogens (primary N) is 1. The van der Waals surface area contributed by atoms with Gasteiger partial charge in [-0.15, -0.1) is 0 Å². The fourth-order valence-electron chi connectivity index (χ4n) is 1.76. The van der Waals surface area contributed by atoms with Gasteiger partial charge in [-0.3, -0.25) is 4.79 Å². The molecule has 0 aliphatic rings. The molecule has 0 aromatic heterocycles. The van der Waals surface area contributed by atoms with Crippen LogP contribution in [0.2, 0.25) is 0 Å². The molecular weight excluding hydrogens is 259 g/mol. The molecule has 5 heteroatoms. The number of nitrogen functional groups attached to an aromatic ring is 1. The van der Waals surface area contributed by atoms with Crippen molar-refractivity contribution >= 4 is 17.3 Å². The van der Waals surface area contributed by atoms with E-state index in [-0.39, 0.29) is 12.5 Å². The summed E-state index contributed by atoms with van der Waals surface area (Å²) in [6.45, 7) is 1.58. The van der Waals surface area contributed by atoms with Gasteiger partial charge in [-0.25, -0.2) is 4.39 Å². The number of aryl methyl sites for hydroxylation is 1. The monoisotopic (exact) mass is 274 g/mol. The number of nitrogens with one attached hydrogen (secondary N) is 1. The maximum Gasteiger partial charge on any atom is 0.262 e. The summed E-state index contributed by atoms with van der Waals surface area (Å²) in [4.78, 5) is 11.7. The number of halogens is 1. The summed E-state index contributed by atoms with van der Waals surface area (Å²) >= 11 is 0. The first kappa shape index (κ1) is 13.9. The van der Waals surface area contributed by atoms with E-state index in [0.29, 0.717) is 17.1 Å². The molecule has 0 aliphatic heterocycles. The number of anilines is 2. The van der Waals surface area contributed by atoms with E-state index in [1.54, 1.807) is 37.3 Å². The zero-order chi connectivity index (χ0) is 14.5. The van der Waals surface area contributed by atoms with Crippen molar-refractivity contribution in [3.05, 3.63) is 53.8 Å². The van der Waals surface area contributed by atoms with Crippen molar-refractivity contribution < 1.29 is 13.9 Å². The molecule has 0 saturated heterocycles. The third-order valence-corrected chi connectivity index (χ3v) is 2.55. The van der Waals surface area contributed by atoms with Gasteiger partial charge in [-0.2, -0.15) is 0 Å². The minimum absolute atomic E-state index is 0.168. The summed E-state index contributed by atoms with van der Waals surface area (Å²) in [6.07, 6.45) is 0. The van der Waals surface area contributed by atoms with Gasteiger partial charge >= 0.3 is 0 Å². The molecule has 104 valence electrons. The van der Waals surface area contributed by atoms with Crippen molar-refractivity contribution in [1.82, 2.24) is 0 Å². The summed E-state index contributed by atoms with van der Waals surface area (Å²) in [5, 5.41) is 2.57. The Bertz CT molecular complexity index is 609. The van der Waals surface area contributed by atoms with Crippen LogP contribution in [-0.4, -0.2) is 12.5 Å². The Hall–Kier alpha value is -2.56. The first-order valence-electron chi connectivity index (χ1n) is 6.08. The molecule has 0 bridgehead atoms. The summed E-state index contributed by atoms with van der Waals surface area (Å²) < 4.78 is 18.5. The number of rotatable bonds is 4. The van der Waals surface area contributed by atoms with E-state index in [1.807, 2.05) is 0 Å². The molecule has 0 atom stereocenters. The molecule has 0 spiro atoms. The van der Waals surface area contributed by atoms with E-state index >= 15 is 0 Å². The number of amides is 1. The Kier molecular flexibility index (Phi) is 4.20. The number of hydrogen-bond donors (Lipinski definition) is 2. The van der Waals surface area contributed by atoms with Gasteiger partial charge in [-0.05, 0) is 42.8 Å². The lowest BCUT2D eigenvalue weighted by molar-refractivity contribution is -0.118. The van der Waals surface area contributed by atoms with Crippen LogP contribution in [0.25, 0.3) is 0 Å². The third kappa shape index (κ3) is 3.98. The maximum atomic E-state index is 13.2. The first-order valence-corrected chi connectivity index (χ1v) is 6.08. The van der Waals surface area contributed by atoms with E-state index < -0.39 is 5.82 Å². The molecule has 0 aliphatic carbocycles. The minimum Gasteiger partial charge on any atom is -0.484 e. The summed E-state index contributed by atoms with van der Waals surface area (Å²) in [6, 6.07) is 11.1.